The van der Waals surface area contributed by atoms with Crippen molar-refractivity contribution in [3.05, 3.63) is 22.2 Å². The van der Waals surface area contributed by atoms with E-state index in [2.05, 4.69) is 21.2 Å². The SMILES string of the molecule is COc1cc(C(=O)NCCCOCC2CC2)cc(OC)c1Br. The smallest absolute Gasteiger partial charge is 0.251 e. The maximum absolute atomic E-state index is 12.2. The topological polar surface area (TPSA) is 56.8 Å². The Kier molecular flexibility index (Phi) is 6.51. The van der Waals surface area contributed by atoms with Crippen LogP contribution < -0.4 is 14.8 Å². The second-order valence-electron chi connectivity index (χ2n) is 5.32. The van der Waals surface area contributed by atoms with Gasteiger partial charge in [-0.25, -0.2) is 0 Å². The van der Waals surface area contributed by atoms with Crippen molar-refractivity contribution in [1.29, 1.82) is 0 Å². The Morgan fingerprint density at radius 2 is 1.91 bits per heavy atom. The molecule has 0 unspecified atom stereocenters. The Balaban J connectivity index is 1.80. The third kappa shape index (κ3) is 4.88. The fourth-order valence-corrected chi connectivity index (χ4v) is 2.57. The molecule has 5 nitrogen and oxygen atoms in total. The van der Waals surface area contributed by atoms with Gasteiger partial charge < -0.3 is 19.5 Å². The molecule has 1 amide bonds. The predicted octanol–water partition coefficient (Wildman–Crippen LogP) is 3.01. The maximum atomic E-state index is 12.2. The third-order valence-corrected chi connectivity index (χ3v) is 4.29. The van der Waals surface area contributed by atoms with Gasteiger partial charge in [0.05, 0.1) is 14.2 Å². The number of benzene rings is 1. The molecule has 0 heterocycles. The van der Waals surface area contributed by atoms with Gasteiger partial charge in [-0.15, -0.1) is 0 Å². The Hall–Kier alpha value is -1.27. The van der Waals surface area contributed by atoms with Crippen molar-refractivity contribution in [2.45, 2.75) is 19.3 Å². The van der Waals surface area contributed by atoms with Gasteiger partial charge in [0.1, 0.15) is 16.0 Å². The average Bonchev–Trinajstić information content (AvgIpc) is 3.35. The molecule has 0 atom stereocenters. The molecule has 0 aromatic heterocycles. The van der Waals surface area contributed by atoms with Gasteiger partial charge >= 0.3 is 0 Å². The van der Waals surface area contributed by atoms with Crippen molar-refractivity contribution >= 4 is 21.8 Å². The fourth-order valence-electron chi connectivity index (χ4n) is 2.01. The number of rotatable bonds is 9. The second-order valence-corrected chi connectivity index (χ2v) is 6.12. The summed E-state index contributed by atoms with van der Waals surface area (Å²) in [5.41, 5.74) is 0.510. The summed E-state index contributed by atoms with van der Waals surface area (Å²) in [5.74, 6) is 1.76. The maximum Gasteiger partial charge on any atom is 0.251 e. The number of nitrogens with one attached hydrogen (secondary N) is 1. The lowest BCUT2D eigenvalue weighted by Crippen LogP contribution is -2.25. The van der Waals surface area contributed by atoms with Gasteiger partial charge in [-0.3, -0.25) is 4.79 Å². The minimum absolute atomic E-state index is 0.147. The van der Waals surface area contributed by atoms with E-state index in [0.717, 1.165) is 18.9 Å². The van der Waals surface area contributed by atoms with Gasteiger partial charge in [0.2, 0.25) is 0 Å². The highest BCUT2D eigenvalue weighted by molar-refractivity contribution is 9.10. The lowest BCUT2D eigenvalue weighted by Gasteiger charge is -2.12. The quantitative estimate of drug-likeness (QED) is 0.677. The zero-order chi connectivity index (χ0) is 15.9. The summed E-state index contributed by atoms with van der Waals surface area (Å²) in [5, 5.41) is 2.88. The first-order chi connectivity index (χ1) is 10.7. The van der Waals surface area contributed by atoms with Crippen LogP contribution in [-0.2, 0) is 4.74 Å². The van der Waals surface area contributed by atoms with Gasteiger partial charge in [0, 0.05) is 25.3 Å². The van der Waals surface area contributed by atoms with E-state index in [9.17, 15) is 4.79 Å². The lowest BCUT2D eigenvalue weighted by atomic mass is 10.2. The summed E-state index contributed by atoms with van der Waals surface area (Å²) in [6.07, 6.45) is 3.40. The van der Waals surface area contributed by atoms with Crippen LogP contribution in [0.2, 0.25) is 0 Å². The van der Waals surface area contributed by atoms with E-state index in [0.29, 0.717) is 34.7 Å². The first-order valence-electron chi connectivity index (χ1n) is 7.43. The number of hydrogen-bond donors (Lipinski definition) is 1. The lowest BCUT2D eigenvalue weighted by molar-refractivity contribution is 0.0936. The zero-order valence-corrected chi connectivity index (χ0v) is 14.6. The van der Waals surface area contributed by atoms with E-state index in [1.807, 2.05) is 0 Å². The van der Waals surface area contributed by atoms with E-state index in [1.54, 1.807) is 26.4 Å². The van der Waals surface area contributed by atoms with Crippen molar-refractivity contribution in [3.63, 3.8) is 0 Å². The summed E-state index contributed by atoms with van der Waals surface area (Å²) in [4.78, 5) is 12.2. The van der Waals surface area contributed by atoms with E-state index in [-0.39, 0.29) is 5.91 Å². The standard InChI is InChI=1S/C16H22BrNO4/c1-20-13-8-12(9-14(21-2)15(13)17)16(19)18-6-3-7-22-10-11-4-5-11/h8-9,11H,3-7,10H2,1-2H3,(H,18,19). The van der Waals surface area contributed by atoms with Crippen molar-refractivity contribution in [2.24, 2.45) is 5.92 Å². The Bertz CT molecular complexity index is 492. The van der Waals surface area contributed by atoms with Crippen LogP contribution >= 0.6 is 15.9 Å². The number of methoxy groups -OCH3 is 2. The summed E-state index contributed by atoms with van der Waals surface area (Å²) < 4.78 is 16.7. The predicted molar refractivity (Wildman–Crippen MR) is 87.7 cm³/mol. The average molecular weight is 372 g/mol. The van der Waals surface area contributed by atoms with Crippen molar-refractivity contribution in [1.82, 2.24) is 5.32 Å². The van der Waals surface area contributed by atoms with Crippen molar-refractivity contribution in [3.8, 4) is 11.5 Å². The molecular weight excluding hydrogens is 350 g/mol. The highest BCUT2D eigenvalue weighted by Gasteiger charge is 2.20. The molecule has 0 radical (unpaired) electrons. The van der Waals surface area contributed by atoms with Crippen molar-refractivity contribution < 1.29 is 19.0 Å². The van der Waals surface area contributed by atoms with Crippen LogP contribution in [0.25, 0.3) is 0 Å². The van der Waals surface area contributed by atoms with Crippen molar-refractivity contribution in [2.75, 3.05) is 34.0 Å². The van der Waals surface area contributed by atoms with Gasteiger partial charge in [0.25, 0.3) is 5.91 Å². The van der Waals surface area contributed by atoms with Crippen LogP contribution in [0.5, 0.6) is 11.5 Å². The Morgan fingerprint density at radius 1 is 1.27 bits per heavy atom. The van der Waals surface area contributed by atoms with Gasteiger partial charge in [-0.05, 0) is 53.2 Å². The Morgan fingerprint density at radius 3 is 2.45 bits per heavy atom. The van der Waals surface area contributed by atoms with E-state index >= 15 is 0 Å². The van der Waals surface area contributed by atoms with Crippen LogP contribution in [0.3, 0.4) is 0 Å². The monoisotopic (exact) mass is 371 g/mol. The first-order valence-corrected chi connectivity index (χ1v) is 8.22. The molecule has 1 saturated carbocycles. The van der Waals surface area contributed by atoms with Gasteiger partial charge in [-0.2, -0.15) is 0 Å². The second kappa shape index (κ2) is 8.39. The van der Waals surface area contributed by atoms with E-state index in [1.165, 1.54) is 12.8 Å². The third-order valence-electron chi connectivity index (χ3n) is 3.51. The number of hydrogen-bond acceptors (Lipinski definition) is 4. The van der Waals surface area contributed by atoms with Gasteiger partial charge in [0.15, 0.2) is 0 Å². The number of halogens is 1. The largest absolute Gasteiger partial charge is 0.495 e. The van der Waals surface area contributed by atoms with E-state index in [4.69, 9.17) is 14.2 Å². The number of carbonyl (C=O) groups excluding carboxylic acids is 1. The van der Waals surface area contributed by atoms with Crippen LogP contribution in [0, 0.1) is 5.92 Å². The molecular formula is C16H22BrNO4. The molecule has 1 N–H and O–H groups in total. The Labute approximate surface area is 139 Å². The molecule has 122 valence electrons. The van der Waals surface area contributed by atoms with Crippen LogP contribution in [0.15, 0.2) is 16.6 Å². The molecule has 1 fully saturated rings. The van der Waals surface area contributed by atoms with Gasteiger partial charge in [-0.1, -0.05) is 0 Å². The highest BCUT2D eigenvalue weighted by atomic mass is 79.9. The minimum atomic E-state index is -0.147. The highest BCUT2D eigenvalue weighted by Crippen LogP contribution is 2.35. The minimum Gasteiger partial charge on any atom is -0.495 e. The van der Waals surface area contributed by atoms with Crippen LogP contribution in [-0.4, -0.2) is 39.9 Å². The molecule has 0 bridgehead atoms. The molecule has 2 rings (SSSR count). The van der Waals surface area contributed by atoms with Crippen LogP contribution in [0.4, 0.5) is 0 Å². The molecule has 1 aliphatic carbocycles. The summed E-state index contributed by atoms with van der Waals surface area (Å²) in [6, 6.07) is 3.37. The van der Waals surface area contributed by atoms with E-state index < -0.39 is 0 Å². The molecule has 0 aliphatic heterocycles. The molecule has 22 heavy (non-hydrogen) atoms. The molecule has 6 heteroatoms. The molecule has 0 spiro atoms. The number of ether oxygens (including phenoxy) is 3. The zero-order valence-electron chi connectivity index (χ0n) is 13.0. The molecule has 0 saturated heterocycles. The number of carbonyl (C=O) groups is 1. The summed E-state index contributed by atoms with van der Waals surface area (Å²) in [6.45, 7) is 2.13. The van der Waals surface area contributed by atoms with Crippen LogP contribution in [0.1, 0.15) is 29.6 Å². The normalized spacial score (nSPS) is 13.8. The molecule has 1 aliphatic rings. The summed E-state index contributed by atoms with van der Waals surface area (Å²) in [7, 11) is 3.11. The molecule has 1 aromatic rings. The summed E-state index contributed by atoms with van der Waals surface area (Å²) >= 11 is 3.38. The molecule has 1 aromatic carbocycles. The first kappa shape index (κ1) is 17.1. The number of amides is 1. The fraction of sp³-hybridized carbons (Fsp3) is 0.562.